The summed E-state index contributed by atoms with van der Waals surface area (Å²) in [5, 5.41) is 0. The summed E-state index contributed by atoms with van der Waals surface area (Å²) >= 11 is 0. The molecule has 0 radical (unpaired) electrons. The minimum Gasteiger partial charge on any atom is -0.468 e. The van der Waals surface area contributed by atoms with Crippen LogP contribution in [0.2, 0.25) is 0 Å². The van der Waals surface area contributed by atoms with Crippen LogP contribution in [0.15, 0.2) is 0 Å². The molecule has 0 saturated carbocycles. The van der Waals surface area contributed by atoms with Crippen molar-refractivity contribution in [3.8, 4) is 0 Å². The molecule has 1 heterocycles. The van der Waals surface area contributed by atoms with Gasteiger partial charge in [-0.25, -0.2) is 0 Å². The van der Waals surface area contributed by atoms with E-state index in [1.807, 2.05) is 18.7 Å². The van der Waals surface area contributed by atoms with Crippen LogP contribution in [0.4, 0.5) is 0 Å². The zero-order chi connectivity index (χ0) is 13.7. The molecule has 0 aliphatic carbocycles. The van der Waals surface area contributed by atoms with E-state index < -0.39 is 6.04 Å². The van der Waals surface area contributed by atoms with Crippen molar-refractivity contribution in [3.63, 3.8) is 0 Å². The van der Waals surface area contributed by atoms with E-state index in [0.717, 1.165) is 0 Å². The lowest BCUT2D eigenvalue weighted by Gasteiger charge is -2.35. The number of nitrogens with two attached hydrogens (primary N) is 1. The van der Waals surface area contributed by atoms with Gasteiger partial charge in [0.25, 0.3) is 0 Å². The lowest BCUT2D eigenvalue weighted by Crippen LogP contribution is -2.54. The smallest absolute Gasteiger partial charge is 0.319 e. The molecule has 2 N–H and O–H groups in total. The van der Waals surface area contributed by atoms with Gasteiger partial charge in [-0.1, -0.05) is 13.8 Å². The van der Waals surface area contributed by atoms with E-state index in [0.29, 0.717) is 26.2 Å². The van der Waals surface area contributed by atoms with Crippen LogP contribution >= 0.6 is 12.4 Å². The second kappa shape index (κ2) is 8.35. The number of hydrogen-bond acceptors (Lipinski definition) is 5. The molecule has 1 saturated heterocycles. The molecule has 0 aromatic heterocycles. The molecule has 1 rings (SSSR count). The van der Waals surface area contributed by atoms with Crippen LogP contribution in [0, 0.1) is 5.92 Å². The topological polar surface area (TPSA) is 75.9 Å². The lowest BCUT2D eigenvalue weighted by molar-refractivity contribution is -0.143. The molecule has 0 aromatic carbocycles. The molecule has 0 bridgehead atoms. The number of carbonyl (C=O) groups excluding carboxylic acids is 2. The highest BCUT2D eigenvalue weighted by Gasteiger charge is 2.27. The summed E-state index contributed by atoms with van der Waals surface area (Å²) in [6.07, 6.45) is 0. The molecule has 1 unspecified atom stereocenters. The maximum absolute atomic E-state index is 12.0. The molecular formula is C12H24ClN3O3. The third-order valence-corrected chi connectivity index (χ3v) is 3.27. The third kappa shape index (κ3) is 5.34. The van der Waals surface area contributed by atoms with Gasteiger partial charge in [0.15, 0.2) is 0 Å². The fraction of sp³-hybridized carbons (Fsp3) is 0.833. The summed E-state index contributed by atoms with van der Waals surface area (Å²) in [6, 6.07) is -0.433. The van der Waals surface area contributed by atoms with Gasteiger partial charge in [0.1, 0.15) is 0 Å². The predicted molar refractivity (Wildman–Crippen MR) is 75.1 cm³/mol. The molecule has 1 fully saturated rings. The summed E-state index contributed by atoms with van der Waals surface area (Å²) in [4.78, 5) is 26.9. The molecule has 0 spiro atoms. The van der Waals surface area contributed by atoms with Crippen molar-refractivity contribution in [1.29, 1.82) is 0 Å². The Kier molecular flexibility index (Phi) is 7.97. The Hall–Kier alpha value is -0.850. The van der Waals surface area contributed by atoms with Crippen molar-refractivity contribution in [2.45, 2.75) is 19.9 Å². The van der Waals surface area contributed by atoms with Crippen molar-refractivity contribution >= 4 is 24.3 Å². The number of methoxy groups -OCH3 is 1. The summed E-state index contributed by atoms with van der Waals surface area (Å²) in [5.41, 5.74) is 5.85. The first kappa shape index (κ1) is 18.1. The molecule has 1 aliphatic rings. The van der Waals surface area contributed by atoms with Gasteiger partial charge >= 0.3 is 5.97 Å². The lowest BCUT2D eigenvalue weighted by atomic mass is 10.0. The van der Waals surface area contributed by atoms with Crippen LogP contribution in [0.5, 0.6) is 0 Å². The highest BCUT2D eigenvalue weighted by atomic mass is 35.5. The molecule has 19 heavy (non-hydrogen) atoms. The number of halogens is 1. The summed E-state index contributed by atoms with van der Waals surface area (Å²) in [5.74, 6) is -0.0954. The maximum atomic E-state index is 12.0. The van der Waals surface area contributed by atoms with Crippen LogP contribution < -0.4 is 5.73 Å². The molecule has 112 valence electrons. The molecule has 6 nitrogen and oxygen atoms in total. The Morgan fingerprint density at radius 1 is 1.21 bits per heavy atom. The van der Waals surface area contributed by atoms with Crippen LogP contribution in [0.25, 0.3) is 0 Å². The van der Waals surface area contributed by atoms with Crippen LogP contribution in [-0.2, 0) is 14.3 Å². The number of ether oxygens (including phenoxy) is 1. The Labute approximate surface area is 120 Å². The van der Waals surface area contributed by atoms with E-state index in [1.165, 1.54) is 7.11 Å². The molecule has 0 aromatic rings. The van der Waals surface area contributed by atoms with E-state index >= 15 is 0 Å². The monoisotopic (exact) mass is 293 g/mol. The molecule has 7 heteroatoms. The summed E-state index contributed by atoms with van der Waals surface area (Å²) < 4.78 is 4.62. The molecule has 1 aliphatic heterocycles. The maximum Gasteiger partial charge on any atom is 0.319 e. The van der Waals surface area contributed by atoms with Crippen molar-refractivity contribution in [3.05, 3.63) is 0 Å². The molecule has 1 amide bonds. The van der Waals surface area contributed by atoms with Gasteiger partial charge < -0.3 is 15.4 Å². The number of rotatable bonds is 4. The summed E-state index contributed by atoms with van der Waals surface area (Å²) in [7, 11) is 1.38. The quantitative estimate of drug-likeness (QED) is 0.721. The highest BCUT2D eigenvalue weighted by Crippen LogP contribution is 2.07. The average Bonchev–Trinajstić information content (AvgIpc) is 2.37. The van der Waals surface area contributed by atoms with Gasteiger partial charge in [-0.3, -0.25) is 14.5 Å². The van der Waals surface area contributed by atoms with Crippen molar-refractivity contribution < 1.29 is 14.3 Å². The Morgan fingerprint density at radius 2 is 1.74 bits per heavy atom. The second-order valence-electron chi connectivity index (χ2n) is 4.95. The van der Waals surface area contributed by atoms with Crippen LogP contribution in [0.3, 0.4) is 0 Å². The van der Waals surface area contributed by atoms with E-state index in [2.05, 4.69) is 4.74 Å². The standard InChI is InChI=1S/C12H23N3O3.ClH/c1-9(2)11(13)12(17)15-6-4-14(5-7-15)8-10(16)18-3;/h9,11H,4-8,13H2,1-3H3;1H. The van der Waals surface area contributed by atoms with E-state index in [-0.39, 0.29) is 36.7 Å². The highest BCUT2D eigenvalue weighted by molar-refractivity contribution is 5.85. The molecular weight excluding hydrogens is 270 g/mol. The Bertz CT molecular complexity index is 305. The zero-order valence-corrected chi connectivity index (χ0v) is 12.6. The van der Waals surface area contributed by atoms with Crippen molar-refractivity contribution in [2.75, 3.05) is 39.8 Å². The average molecular weight is 294 g/mol. The third-order valence-electron chi connectivity index (χ3n) is 3.27. The normalized spacial score (nSPS) is 17.8. The number of esters is 1. The van der Waals surface area contributed by atoms with Crippen molar-refractivity contribution in [1.82, 2.24) is 9.80 Å². The Balaban J connectivity index is 0.00000324. The Morgan fingerprint density at radius 3 is 2.16 bits per heavy atom. The number of nitrogens with zero attached hydrogens (tertiary/aromatic N) is 2. The summed E-state index contributed by atoms with van der Waals surface area (Å²) in [6.45, 7) is 6.78. The second-order valence-corrected chi connectivity index (χ2v) is 4.95. The zero-order valence-electron chi connectivity index (χ0n) is 11.8. The minimum atomic E-state index is -0.433. The van der Waals surface area contributed by atoms with E-state index in [1.54, 1.807) is 4.90 Å². The predicted octanol–water partition coefficient (Wildman–Crippen LogP) is -0.291. The first-order valence-corrected chi connectivity index (χ1v) is 6.29. The van der Waals surface area contributed by atoms with E-state index in [4.69, 9.17) is 5.73 Å². The van der Waals surface area contributed by atoms with Crippen LogP contribution in [-0.4, -0.2) is 67.6 Å². The first-order valence-electron chi connectivity index (χ1n) is 6.29. The van der Waals surface area contributed by atoms with Gasteiger partial charge in [-0.2, -0.15) is 0 Å². The van der Waals surface area contributed by atoms with Gasteiger partial charge in [-0.05, 0) is 5.92 Å². The number of amides is 1. The number of carbonyl (C=O) groups is 2. The van der Waals surface area contributed by atoms with E-state index in [9.17, 15) is 9.59 Å². The van der Waals surface area contributed by atoms with Gasteiger partial charge in [0.2, 0.25) is 5.91 Å². The van der Waals surface area contributed by atoms with Crippen LogP contribution in [0.1, 0.15) is 13.8 Å². The van der Waals surface area contributed by atoms with Gasteiger partial charge in [-0.15, -0.1) is 12.4 Å². The minimum absolute atomic E-state index is 0. The molecule has 1 atom stereocenters. The first-order chi connectivity index (χ1) is 8.45. The van der Waals surface area contributed by atoms with Crippen molar-refractivity contribution in [2.24, 2.45) is 11.7 Å². The fourth-order valence-corrected chi connectivity index (χ4v) is 1.87. The fourth-order valence-electron chi connectivity index (χ4n) is 1.87. The number of hydrogen-bond donors (Lipinski definition) is 1. The van der Waals surface area contributed by atoms with Gasteiger partial charge in [0, 0.05) is 26.2 Å². The number of piperazine rings is 1. The van der Waals surface area contributed by atoms with Gasteiger partial charge in [0.05, 0.1) is 19.7 Å². The SMILES string of the molecule is COC(=O)CN1CCN(C(=O)C(N)C(C)C)CC1.Cl. The largest absolute Gasteiger partial charge is 0.468 e.